The highest BCUT2D eigenvalue weighted by Gasteiger charge is 2.38. The van der Waals surface area contributed by atoms with E-state index in [4.69, 9.17) is 19.9 Å². The molecule has 0 fully saturated rings. The summed E-state index contributed by atoms with van der Waals surface area (Å²) in [5.41, 5.74) is 9.34. The lowest BCUT2D eigenvalue weighted by Gasteiger charge is -2.33. The quantitative estimate of drug-likeness (QED) is 0.417. The van der Waals surface area contributed by atoms with Crippen molar-refractivity contribution in [1.29, 1.82) is 0 Å². The number of methoxy groups -OCH3 is 1. The Kier molecular flexibility index (Phi) is 6.00. The number of anilines is 2. The Labute approximate surface area is 206 Å². The van der Waals surface area contributed by atoms with E-state index in [0.29, 0.717) is 43.9 Å². The standard InChI is InChI=1S/C25H26N4O5S/c1-13-17(22(26)30)25(35-21(13)24(31)27-15-7-5-4-6-8-15)28-23-18-14(9-10-29(23)2)11-16-19(20(18)32-3)34-12-33-16/h4-8,11,23,28H,9-10,12H2,1-3H3,(H2,26,30)(H,27,31)/p+1/t23-/m1/s1. The second-order valence-electron chi connectivity index (χ2n) is 8.58. The van der Waals surface area contributed by atoms with Gasteiger partial charge in [-0.1, -0.05) is 18.2 Å². The number of fused-ring (bicyclic) bond motifs is 2. The van der Waals surface area contributed by atoms with Crippen LogP contribution in [0.15, 0.2) is 36.4 Å². The van der Waals surface area contributed by atoms with Gasteiger partial charge in [-0.3, -0.25) is 9.59 Å². The van der Waals surface area contributed by atoms with Gasteiger partial charge >= 0.3 is 0 Å². The SMILES string of the molecule is COc1c2c(cc3c1[C@H](Nc1sc(C(=O)Nc4ccccc4)c(C)c1C(N)=O)[NH+](C)CC3)OCO2. The van der Waals surface area contributed by atoms with Crippen molar-refractivity contribution in [2.75, 3.05) is 38.1 Å². The first-order valence-electron chi connectivity index (χ1n) is 11.3. The minimum Gasteiger partial charge on any atom is -0.492 e. The van der Waals surface area contributed by atoms with Crippen molar-refractivity contribution in [2.45, 2.75) is 19.5 Å². The maximum atomic E-state index is 13.1. The number of amides is 2. The number of nitrogens with two attached hydrogens (primary N) is 1. The number of likely N-dealkylation sites (N-methyl/N-ethyl adjacent to an activating group) is 1. The summed E-state index contributed by atoms with van der Waals surface area (Å²) in [6.45, 7) is 2.74. The summed E-state index contributed by atoms with van der Waals surface area (Å²) in [6.07, 6.45) is 0.577. The fourth-order valence-corrected chi connectivity index (χ4v) is 5.83. The number of quaternary nitrogens is 1. The van der Waals surface area contributed by atoms with Crippen molar-refractivity contribution in [3.05, 3.63) is 63.5 Å². The number of benzene rings is 2. The zero-order valence-corrected chi connectivity index (χ0v) is 20.5. The van der Waals surface area contributed by atoms with Gasteiger partial charge in [-0.25, -0.2) is 0 Å². The van der Waals surface area contributed by atoms with Crippen LogP contribution in [0.25, 0.3) is 0 Å². The van der Waals surface area contributed by atoms with Crippen LogP contribution >= 0.6 is 11.3 Å². The van der Waals surface area contributed by atoms with Crippen LogP contribution in [0.2, 0.25) is 0 Å². The van der Waals surface area contributed by atoms with Crippen LogP contribution in [-0.2, 0) is 6.42 Å². The molecule has 1 aromatic heterocycles. The smallest absolute Gasteiger partial charge is 0.266 e. The van der Waals surface area contributed by atoms with Crippen molar-refractivity contribution in [2.24, 2.45) is 5.73 Å². The predicted molar refractivity (Wildman–Crippen MR) is 133 cm³/mol. The molecule has 0 aliphatic carbocycles. The van der Waals surface area contributed by atoms with Gasteiger partial charge in [-0.15, -0.1) is 11.3 Å². The van der Waals surface area contributed by atoms with E-state index in [1.165, 1.54) is 16.2 Å². The fourth-order valence-electron chi connectivity index (χ4n) is 4.69. The molecular formula is C25H27N4O5S+. The van der Waals surface area contributed by atoms with Crippen LogP contribution in [0.3, 0.4) is 0 Å². The van der Waals surface area contributed by atoms with E-state index in [0.717, 1.165) is 24.1 Å². The van der Waals surface area contributed by atoms with Crippen LogP contribution in [0.4, 0.5) is 10.7 Å². The van der Waals surface area contributed by atoms with Crippen molar-refractivity contribution in [3.63, 3.8) is 0 Å². The van der Waals surface area contributed by atoms with E-state index in [1.54, 1.807) is 14.0 Å². The normalized spacial score (nSPS) is 18.0. The van der Waals surface area contributed by atoms with Crippen LogP contribution in [0.1, 0.15) is 42.9 Å². The molecule has 0 saturated carbocycles. The largest absolute Gasteiger partial charge is 0.492 e. The number of para-hydroxylation sites is 1. The Morgan fingerprint density at radius 3 is 2.71 bits per heavy atom. The molecule has 9 nitrogen and oxygen atoms in total. The molecule has 1 unspecified atom stereocenters. The molecule has 3 aromatic rings. The summed E-state index contributed by atoms with van der Waals surface area (Å²) in [6, 6.07) is 11.2. The molecule has 35 heavy (non-hydrogen) atoms. The van der Waals surface area contributed by atoms with E-state index in [9.17, 15) is 9.59 Å². The molecule has 2 atom stereocenters. The second-order valence-corrected chi connectivity index (χ2v) is 9.61. The average Bonchev–Trinajstić information content (AvgIpc) is 3.44. The van der Waals surface area contributed by atoms with E-state index in [2.05, 4.69) is 17.7 Å². The van der Waals surface area contributed by atoms with Crippen LogP contribution < -0.4 is 35.5 Å². The predicted octanol–water partition coefficient (Wildman–Crippen LogP) is 2.33. The molecule has 2 aliphatic heterocycles. The zero-order valence-electron chi connectivity index (χ0n) is 19.7. The molecule has 5 N–H and O–H groups in total. The monoisotopic (exact) mass is 495 g/mol. The third-order valence-corrected chi connectivity index (χ3v) is 7.65. The van der Waals surface area contributed by atoms with Gasteiger partial charge in [0.05, 0.1) is 36.7 Å². The van der Waals surface area contributed by atoms with Crippen molar-refractivity contribution >= 4 is 33.8 Å². The number of carbonyl (C=O) groups excluding carboxylic acids is 2. The minimum atomic E-state index is -0.591. The molecule has 2 amide bonds. The van der Waals surface area contributed by atoms with Gasteiger partial charge in [0.1, 0.15) is 5.00 Å². The van der Waals surface area contributed by atoms with Gasteiger partial charge in [-0.2, -0.15) is 0 Å². The lowest BCUT2D eigenvalue weighted by Crippen LogP contribution is -3.11. The number of thiophene rings is 1. The Balaban J connectivity index is 1.54. The second kappa shape index (κ2) is 9.12. The number of hydrogen-bond acceptors (Lipinski definition) is 7. The van der Waals surface area contributed by atoms with E-state index in [-0.39, 0.29) is 18.9 Å². The van der Waals surface area contributed by atoms with Crippen LogP contribution in [-0.4, -0.2) is 39.3 Å². The molecule has 0 spiro atoms. The topological polar surface area (TPSA) is 116 Å². The summed E-state index contributed by atoms with van der Waals surface area (Å²) in [5.74, 6) is 0.977. The number of primary amides is 1. The molecule has 0 bridgehead atoms. The molecule has 0 radical (unpaired) electrons. The molecule has 3 heterocycles. The Bertz CT molecular complexity index is 1310. The Hall–Kier alpha value is -3.76. The Morgan fingerprint density at radius 2 is 2.00 bits per heavy atom. The number of ether oxygens (including phenoxy) is 3. The van der Waals surface area contributed by atoms with E-state index < -0.39 is 5.91 Å². The zero-order chi connectivity index (χ0) is 24.7. The highest BCUT2D eigenvalue weighted by Crippen LogP contribution is 2.48. The number of carbonyl (C=O) groups is 2. The third-order valence-electron chi connectivity index (χ3n) is 6.42. The summed E-state index contributed by atoms with van der Waals surface area (Å²) < 4.78 is 17.1. The van der Waals surface area contributed by atoms with Gasteiger partial charge in [0, 0.05) is 12.1 Å². The van der Waals surface area contributed by atoms with Gasteiger partial charge in [0.15, 0.2) is 17.7 Å². The molecule has 5 rings (SSSR count). The first-order chi connectivity index (χ1) is 16.9. The maximum Gasteiger partial charge on any atom is 0.266 e. The Morgan fingerprint density at radius 1 is 1.23 bits per heavy atom. The summed E-state index contributed by atoms with van der Waals surface area (Å²) >= 11 is 1.22. The first kappa shape index (κ1) is 23.0. The number of hydrogen-bond donors (Lipinski definition) is 4. The van der Waals surface area contributed by atoms with Crippen molar-refractivity contribution < 1.29 is 28.7 Å². The lowest BCUT2D eigenvalue weighted by molar-refractivity contribution is -0.910. The molecule has 0 saturated heterocycles. The lowest BCUT2D eigenvalue weighted by atomic mass is 9.95. The molecule has 2 aliphatic rings. The molecular weight excluding hydrogens is 468 g/mol. The summed E-state index contributed by atoms with van der Waals surface area (Å²) in [7, 11) is 3.67. The van der Waals surface area contributed by atoms with Gasteiger partial charge < -0.3 is 35.5 Å². The number of nitrogens with one attached hydrogen (secondary N) is 3. The third kappa shape index (κ3) is 4.04. The minimum absolute atomic E-state index is 0.144. The molecule has 10 heteroatoms. The van der Waals surface area contributed by atoms with Gasteiger partial charge in [-0.05, 0) is 36.2 Å². The van der Waals surface area contributed by atoms with Crippen LogP contribution in [0.5, 0.6) is 17.2 Å². The van der Waals surface area contributed by atoms with Gasteiger partial charge in [0.2, 0.25) is 12.5 Å². The maximum absolute atomic E-state index is 13.1. The average molecular weight is 496 g/mol. The highest BCUT2D eigenvalue weighted by molar-refractivity contribution is 7.18. The fraction of sp³-hybridized carbons (Fsp3) is 0.280. The highest BCUT2D eigenvalue weighted by atomic mass is 32.1. The van der Waals surface area contributed by atoms with Crippen molar-refractivity contribution in [3.8, 4) is 17.2 Å². The van der Waals surface area contributed by atoms with Crippen molar-refractivity contribution in [1.82, 2.24) is 0 Å². The molecule has 2 aromatic carbocycles. The summed E-state index contributed by atoms with van der Waals surface area (Å²) in [5, 5.41) is 6.94. The molecule has 182 valence electrons. The van der Waals surface area contributed by atoms with E-state index in [1.807, 2.05) is 36.4 Å². The number of rotatable bonds is 6. The van der Waals surface area contributed by atoms with Crippen LogP contribution in [0, 0.1) is 6.92 Å². The van der Waals surface area contributed by atoms with E-state index >= 15 is 0 Å². The summed E-state index contributed by atoms with van der Waals surface area (Å²) in [4.78, 5) is 27.1. The first-order valence-corrected chi connectivity index (χ1v) is 12.1. The van der Waals surface area contributed by atoms with Gasteiger partial charge in [0.25, 0.3) is 11.8 Å².